The lowest BCUT2D eigenvalue weighted by molar-refractivity contribution is 0.304. The summed E-state index contributed by atoms with van der Waals surface area (Å²) >= 11 is 0. The number of nitrogens with two attached hydrogens (primary N) is 1. The lowest BCUT2D eigenvalue weighted by Crippen LogP contribution is -2.33. The molecule has 1 unspecified atom stereocenters. The van der Waals surface area contributed by atoms with Gasteiger partial charge in [-0.1, -0.05) is 24.2 Å². The lowest BCUT2D eigenvalue weighted by atomic mass is 9.86. The van der Waals surface area contributed by atoms with E-state index in [1.54, 1.807) is 0 Å². The summed E-state index contributed by atoms with van der Waals surface area (Å²) in [6, 6.07) is 0.202. The molecule has 1 atom stereocenters. The molecule has 0 radical (unpaired) electrons. The molecule has 0 amide bonds. The first-order chi connectivity index (χ1) is 9.29. The Labute approximate surface area is 120 Å². The van der Waals surface area contributed by atoms with Gasteiger partial charge in [-0.25, -0.2) is 0 Å². The second-order valence-electron chi connectivity index (χ2n) is 5.89. The molecule has 4 N–H and O–H groups in total. The zero-order valence-corrected chi connectivity index (χ0v) is 13.0. The van der Waals surface area contributed by atoms with Crippen LogP contribution in [0.1, 0.15) is 56.7 Å². The molecule has 114 valence electrons. The van der Waals surface area contributed by atoms with Crippen LogP contribution in [0.2, 0.25) is 0 Å². The number of hydrogen-bond donors (Lipinski definition) is 3. The van der Waals surface area contributed by atoms with Crippen molar-refractivity contribution in [1.82, 2.24) is 10.5 Å². The van der Waals surface area contributed by atoms with Crippen LogP contribution in [0.3, 0.4) is 0 Å². The van der Waals surface area contributed by atoms with Crippen LogP contribution in [0.5, 0.6) is 0 Å². The minimum absolute atomic E-state index is 0.202. The van der Waals surface area contributed by atoms with Crippen LogP contribution < -0.4 is 11.1 Å². The van der Waals surface area contributed by atoms with Gasteiger partial charge in [-0.2, -0.15) is 0 Å². The van der Waals surface area contributed by atoms with Crippen LogP contribution in [0.15, 0.2) is 9.68 Å². The third-order valence-electron chi connectivity index (χ3n) is 3.75. The average Bonchev–Trinajstić information content (AvgIpc) is 2.73. The number of nitrogens with zero attached hydrogens (tertiary/aromatic N) is 2. The summed E-state index contributed by atoms with van der Waals surface area (Å²) in [5, 5.41) is 19.2. The Kier molecular flexibility index (Phi) is 5.56. The molecule has 1 rings (SSSR count). The fraction of sp³-hybridized carbons (Fsp3) is 0.714. The van der Waals surface area contributed by atoms with E-state index in [-0.39, 0.29) is 17.3 Å². The quantitative estimate of drug-likeness (QED) is 0.235. The molecule has 0 aromatic carbocycles. The van der Waals surface area contributed by atoms with Gasteiger partial charge in [-0.15, -0.1) is 0 Å². The number of nitrogens with one attached hydrogen (secondary N) is 1. The molecular weight excluding hydrogens is 256 g/mol. The Hall–Kier alpha value is -1.56. The molecule has 0 saturated heterocycles. The van der Waals surface area contributed by atoms with Crippen LogP contribution >= 0.6 is 0 Å². The van der Waals surface area contributed by atoms with Crippen molar-refractivity contribution in [3.63, 3.8) is 0 Å². The van der Waals surface area contributed by atoms with Gasteiger partial charge in [-0.3, -0.25) is 0 Å². The fourth-order valence-corrected chi connectivity index (χ4v) is 2.32. The number of aromatic nitrogens is 1. The van der Waals surface area contributed by atoms with Crippen molar-refractivity contribution in [2.24, 2.45) is 16.3 Å². The van der Waals surface area contributed by atoms with Gasteiger partial charge in [0, 0.05) is 17.0 Å². The molecular formula is C14H26N4O2. The smallest absolute Gasteiger partial charge is 0.144 e. The van der Waals surface area contributed by atoms with Crippen molar-refractivity contribution in [1.29, 1.82) is 0 Å². The summed E-state index contributed by atoms with van der Waals surface area (Å²) in [7, 11) is 0. The third kappa shape index (κ3) is 3.96. The first-order valence-corrected chi connectivity index (χ1v) is 6.93. The highest BCUT2D eigenvalue weighted by Gasteiger charge is 2.23. The third-order valence-corrected chi connectivity index (χ3v) is 3.75. The lowest BCUT2D eigenvalue weighted by Gasteiger charge is -2.23. The summed E-state index contributed by atoms with van der Waals surface area (Å²) in [5.74, 6) is 1.13. The van der Waals surface area contributed by atoms with Gasteiger partial charge in [0.25, 0.3) is 0 Å². The number of amidine groups is 1. The highest BCUT2D eigenvalue weighted by Crippen LogP contribution is 2.23. The first-order valence-electron chi connectivity index (χ1n) is 6.93. The van der Waals surface area contributed by atoms with E-state index in [1.165, 1.54) is 0 Å². The Morgan fingerprint density at radius 2 is 2.15 bits per heavy atom. The predicted molar refractivity (Wildman–Crippen MR) is 78.8 cm³/mol. The van der Waals surface area contributed by atoms with Gasteiger partial charge >= 0.3 is 0 Å². The van der Waals surface area contributed by atoms with E-state index in [4.69, 9.17) is 15.5 Å². The maximum absolute atomic E-state index is 8.73. The predicted octanol–water partition coefficient (Wildman–Crippen LogP) is 2.49. The molecule has 0 fully saturated rings. The van der Waals surface area contributed by atoms with E-state index in [1.807, 2.05) is 27.7 Å². The molecule has 1 aromatic heterocycles. The van der Waals surface area contributed by atoms with E-state index < -0.39 is 0 Å². The van der Waals surface area contributed by atoms with Crippen LogP contribution in [-0.2, 0) is 0 Å². The van der Waals surface area contributed by atoms with Crippen molar-refractivity contribution in [2.75, 3.05) is 6.54 Å². The Bertz CT molecular complexity index is 446. The number of rotatable bonds is 7. The minimum Gasteiger partial charge on any atom is -0.409 e. The van der Waals surface area contributed by atoms with Crippen LogP contribution in [0.4, 0.5) is 0 Å². The Morgan fingerprint density at radius 1 is 1.50 bits per heavy atom. The van der Waals surface area contributed by atoms with Crippen molar-refractivity contribution >= 4 is 5.84 Å². The maximum atomic E-state index is 8.73. The van der Waals surface area contributed by atoms with Gasteiger partial charge in [-0.05, 0) is 40.2 Å². The second-order valence-corrected chi connectivity index (χ2v) is 5.89. The van der Waals surface area contributed by atoms with E-state index >= 15 is 0 Å². The van der Waals surface area contributed by atoms with E-state index in [2.05, 4.69) is 22.6 Å². The molecule has 0 aliphatic carbocycles. The summed E-state index contributed by atoms with van der Waals surface area (Å²) < 4.78 is 5.17. The Balaban J connectivity index is 2.42. The Morgan fingerprint density at radius 3 is 2.65 bits per heavy atom. The second kappa shape index (κ2) is 6.74. The van der Waals surface area contributed by atoms with Crippen LogP contribution in [0, 0.1) is 19.3 Å². The van der Waals surface area contributed by atoms with Crippen LogP contribution in [-0.4, -0.2) is 22.7 Å². The van der Waals surface area contributed by atoms with Crippen molar-refractivity contribution in [3.8, 4) is 0 Å². The molecule has 6 nitrogen and oxygen atoms in total. The SMILES string of the molecule is Cc1noc(C)c1C(C)NCCCC(C)(C)C(N)=NO. The van der Waals surface area contributed by atoms with E-state index in [0.29, 0.717) is 0 Å². The molecule has 1 heterocycles. The zero-order chi connectivity index (χ0) is 15.3. The molecule has 0 bridgehead atoms. The van der Waals surface area contributed by atoms with Crippen LogP contribution in [0.25, 0.3) is 0 Å². The van der Waals surface area contributed by atoms with Gasteiger partial charge in [0.05, 0.1) is 5.69 Å². The summed E-state index contributed by atoms with van der Waals surface area (Å²) in [6.45, 7) is 10.8. The molecule has 1 aromatic rings. The summed E-state index contributed by atoms with van der Waals surface area (Å²) in [5.41, 5.74) is 7.44. The highest BCUT2D eigenvalue weighted by molar-refractivity contribution is 5.85. The zero-order valence-electron chi connectivity index (χ0n) is 13.0. The largest absolute Gasteiger partial charge is 0.409 e. The monoisotopic (exact) mass is 282 g/mol. The molecule has 0 spiro atoms. The normalized spacial score (nSPS) is 14.6. The van der Waals surface area contributed by atoms with Crippen molar-refractivity contribution in [2.45, 2.75) is 53.5 Å². The van der Waals surface area contributed by atoms with Crippen molar-refractivity contribution < 1.29 is 9.73 Å². The van der Waals surface area contributed by atoms with Gasteiger partial charge < -0.3 is 20.8 Å². The molecule has 6 heteroatoms. The summed E-state index contributed by atoms with van der Waals surface area (Å²) in [6.07, 6.45) is 1.79. The van der Waals surface area contributed by atoms with E-state index in [0.717, 1.165) is 36.4 Å². The fourth-order valence-electron chi connectivity index (χ4n) is 2.32. The van der Waals surface area contributed by atoms with Gasteiger partial charge in [0.15, 0.2) is 0 Å². The maximum Gasteiger partial charge on any atom is 0.144 e. The number of aryl methyl sites for hydroxylation is 2. The molecule has 0 saturated carbocycles. The number of hydrogen-bond acceptors (Lipinski definition) is 5. The molecule has 20 heavy (non-hydrogen) atoms. The van der Waals surface area contributed by atoms with Crippen molar-refractivity contribution in [3.05, 3.63) is 17.0 Å². The van der Waals surface area contributed by atoms with Gasteiger partial charge in [0.2, 0.25) is 0 Å². The molecule has 0 aliphatic heterocycles. The highest BCUT2D eigenvalue weighted by atomic mass is 16.5. The van der Waals surface area contributed by atoms with E-state index in [9.17, 15) is 0 Å². The topological polar surface area (TPSA) is 96.7 Å². The van der Waals surface area contributed by atoms with Gasteiger partial charge in [0.1, 0.15) is 11.6 Å². The first kappa shape index (κ1) is 16.5. The minimum atomic E-state index is -0.289. The summed E-state index contributed by atoms with van der Waals surface area (Å²) in [4.78, 5) is 0. The standard InChI is InChI=1S/C14H26N4O2/c1-9(12-10(2)18-20-11(12)3)16-8-6-7-14(4,5)13(15)17-19/h9,16,19H,6-8H2,1-5H3,(H2,15,17). The average molecular weight is 282 g/mol. The number of oxime groups is 1. The molecule has 0 aliphatic rings.